The van der Waals surface area contributed by atoms with Crippen LogP contribution in [-0.4, -0.2) is 42.0 Å². The number of hydrogen-bond acceptors (Lipinski definition) is 4. The number of amides is 1. The van der Waals surface area contributed by atoms with Gasteiger partial charge < -0.3 is 10.2 Å². The van der Waals surface area contributed by atoms with Gasteiger partial charge in [0, 0.05) is 29.6 Å². The molecule has 24 heavy (non-hydrogen) atoms. The normalized spacial score (nSPS) is 15.7. The number of hydrogen-bond donors (Lipinski definition) is 1. The van der Waals surface area contributed by atoms with E-state index in [2.05, 4.69) is 17.2 Å². The number of nitrogens with zero attached hydrogens (tertiary/aromatic N) is 2. The van der Waals surface area contributed by atoms with Gasteiger partial charge >= 0.3 is 0 Å². The van der Waals surface area contributed by atoms with Gasteiger partial charge in [-0.15, -0.1) is 11.3 Å². The second-order valence-corrected chi connectivity index (χ2v) is 7.44. The van der Waals surface area contributed by atoms with Crippen LogP contribution in [0.3, 0.4) is 0 Å². The number of benzene rings is 1. The summed E-state index contributed by atoms with van der Waals surface area (Å²) < 4.78 is 0. The van der Waals surface area contributed by atoms with Gasteiger partial charge in [-0.2, -0.15) is 0 Å². The topological polar surface area (TPSA) is 45.2 Å². The molecular formula is C19H25N3OS. The fraction of sp³-hybridized carbons (Fsp3) is 0.474. The van der Waals surface area contributed by atoms with E-state index in [1.165, 1.54) is 0 Å². The predicted molar refractivity (Wildman–Crippen MR) is 99.5 cm³/mol. The first-order valence-electron chi connectivity index (χ1n) is 8.70. The van der Waals surface area contributed by atoms with E-state index in [-0.39, 0.29) is 5.91 Å². The van der Waals surface area contributed by atoms with E-state index in [4.69, 9.17) is 0 Å². The first-order chi connectivity index (χ1) is 11.7. The Balaban J connectivity index is 1.65. The van der Waals surface area contributed by atoms with E-state index in [1.807, 2.05) is 41.5 Å². The summed E-state index contributed by atoms with van der Waals surface area (Å²) >= 11 is 1.64. The minimum Gasteiger partial charge on any atom is -0.339 e. The summed E-state index contributed by atoms with van der Waals surface area (Å²) in [4.78, 5) is 19.3. The van der Waals surface area contributed by atoms with Crippen LogP contribution in [-0.2, 0) is 0 Å². The zero-order valence-corrected chi connectivity index (χ0v) is 15.2. The van der Waals surface area contributed by atoms with Crippen molar-refractivity contribution in [1.29, 1.82) is 0 Å². The van der Waals surface area contributed by atoms with Crippen molar-refractivity contribution in [1.82, 2.24) is 15.2 Å². The molecule has 1 aliphatic heterocycles. The van der Waals surface area contributed by atoms with Gasteiger partial charge in [-0.1, -0.05) is 19.1 Å². The lowest BCUT2D eigenvalue weighted by Gasteiger charge is -2.32. The molecule has 128 valence electrons. The van der Waals surface area contributed by atoms with Gasteiger partial charge in [0.25, 0.3) is 5.91 Å². The number of nitrogens with one attached hydrogen (secondary N) is 1. The third-order valence-corrected chi connectivity index (χ3v) is 5.38. The predicted octanol–water partition coefficient (Wildman–Crippen LogP) is 3.58. The van der Waals surface area contributed by atoms with E-state index in [0.29, 0.717) is 5.92 Å². The van der Waals surface area contributed by atoms with Crippen LogP contribution < -0.4 is 5.32 Å². The highest BCUT2D eigenvalue weighted by Crippen LogP contribution is 2.24. The molecule has 0 spiro atoms. The maximum atomic E-state index is 12.8. The van der Waals surface area contributed by atoms with Crippen molar-refractivity contribution in [2.24, 2.45) is 5.92 Å². The minimum atomic E-state index is 0.144. The Morgan fingerprint density at radius 3 is 2.83 bits per heavy atom. The largest absolute Gasteiger partial charge is 0.339 e. The number of thiazole rings is 1. The average Bonchev–Trinajstić information content (AvgIpc) is 3.06. The third-order valence-electron chi connectivity index (χ3n) is 4.61. The van der Waals surface area contributed by atoms with Crippen molar-refractivity contribution < 1.29 is 4.79 Å². The number of piperidine rings is 1. The summed E-state index contributed by atoms with van der Waals surface area (Å²) in [6.07, 6.45) is 2.17. The van der Waals surface area contributed by atoms with Gasteiger partial charge in [0.2, 0.25) is 0 Å². The minimum absolute atomic E-state index is 0.144. The SMILES string of the molecule is CCNCC1CCN(C(=O)c2cccc(-c3csc(C)n3)c2)CC1. The molecule has 1 saturated heterocycles. The van der Waals surface area contributed by atoms with Crippen LogP contribution >= 0.6 is 11.3 Å². The quantitative estimate of drug-likeness (QED) is 0.902. The van der Waals surface area contributed by atoms with Crippen LogP contribution in [0.2, 0.25) is 0 Å². The third kappa shape index (κ3) is 4.02. The first kappa shape index (κ1) is 17.1. The summed E-state index contributed by atoms with van der Waals surface area (Å²) in [6, 6.07) is 7.86. The molecule has 2 heterocycles. The number of aromatic nitrogens is 1. The number of carbonyl (C=O) groups is 1. The van der Waals surface area contributed by atoms with E-state index >= 15 is 0 Å². The first-order valence-corrected chi connectivity index (χ1v) is 9.58. The highest BCUT2D eigenvalue weighted by molar-refractivity contribution is 7.09. The molecule has 2 aromatic rings. The molecule has 1 aromatic heterocycles. The molecule has 1 N–H and O–H groups in total. The lowest BCUT2D eigenvalue weighted by atomic mass is 9.96. The van der Waals surface area contributed by atoms with Crippen molar-refractivity contribution in [3.8, 4) is 11.3 Å². The van der Waals surface area contributed by atoms with Gasteiger partial charge in [0.15, 0.2) is 0 Å². The van der Waals surface area contributed by atoms with E-state index < -0.39 is 0 Å². The van der Waals surface area contributed by atoms with Crippen molar-refractivity contribution in [2.45, 2.75) is 26.7 Å². The Kier molecular flexibility index (Phi) is 5.63. The van der Waals surface area contributed by atoms with Gasteiger partial charge in [0.05, 0.1) is 10.7 Å². The molecule has 0 radical (unpaired) electrons. The Bertz CT molecular complexity index is 689. The van der Waals surface area contributed by atoms with E-state index in [0.717, 1.165) is 60.8 Å². The van der Waals surface area contributed by atoms with Gasteiger partial charge in [-0.25, -0.2) is 4.98 Å². The molecule has 4 nitrogen and oxygen atoms in total. The summed E-state index contributed by atoms with van der Waals surface area (Å²) in [7, 11) is 0. The number of carbonyl (C=O) groups excluding carboxylic acids is 1. The lowest BCUT2D eigenvalue weighted by molar-refractivity contribution is 0.0690. The molecule has 1 aromatic carbocycles. The standard InChI is InChI=1S/C19H25N3OS/c1-3-20-12-15-7-9-22(10-8-15)19(23)17-6-4-5-16(11-17)18-13-24-14(2)21-18/h4-6,11,13,15,20H,3,7-10,12H2,1-2H3. The molecule has 0 saturated carbocycles. The maximum absolute atomic E-state index is 12.8. The van der Waals surface area contributed by atoms with Crippen LogP contribution in [0.1, 0.15) is 35.1 Å². The smallest absolute Gasteiger partial charge is 0.253 e. The summed E-state index contributed by atoms with van der Waals surface area (Å²) in [5.41, 5.74) is 2.74. The number of likely N-dealkylation sites (tertiary alicyclic amines) is 1. The van der Waals surface area contributed by atoms with E-state index in [9.17, 15) is 4.79 Å². The zero-order chi connectivity index (χ0) is 16.9. The Morgan fingerprint density at radius 1 is 1.38 bits per heavy atom. The van der Waals surface area contributed by atoms with Crippen LogP contribution in [0.25, 0.3) is 11.3 Å². The molecule has 3 rings (SSSR count). The Morgan fingerprint density at radius 2 is 2.17 bits per heavy atom. The molecule has 5 heteroatoms. The maximum Gasteiger partial charge on any atom is 0.253 e. The van der Waals surface area contributed by atoms with Crippen LogP contribution in [0.15, 0.2) is 29.6 Å². The fourth-order valence-electron chi connectivity index (χ4n) is 3.18. The Labute approximate surface area is 147 Å². The highest BCUT2D eigenvalue weighted by atomic mass is 32.1. The van der Waals surface area contributed by atoms with Crippen LogP contribution in [0.5, 0.6) is 0 Å². The second kappa shape index (κ2) is 7.90. The Hall–Kier alpha value is -1.72. The van der Waals surface area contributed by atoms with Crippen molar-refractivity contribution in [3.63, 3.8) is 0 Å². The molecule has 1 fully saturated rings. The summed E-state index contributed by atoms with van der Waals surface area (Å²) in [5, 5.41) is 6.50. The second-order valence-electron chi connectivity index (χ2n) is 6.38. The molecule has 0 aliphatic carbocycles. The average molecular weight is 343 g/mol. The monoisotopic (exact) mass is 343 g/mol. The van der Waals surface area contributed by atoms with Crippen molar-refractivity contribution >= 4 is 17.2 Å². The van der Waals surface area contributed by atoms with Crippen molar-refractivity contribution in [2.75, 3.05) is 26.2 Å². The van der Waals surface area contributed by atoms with Crippen molar-refractivity contribution in [3.05, 3.63) is 40.2 Å². The zero-order valence-electron chi connectivity index (χ0n) is 14.4. The highest BCUT2D eigenvalue weighted by Gasteiger charge is 2.23. The van der Waals surface area contributed by atoms with Gasteiger partial charge in [-0.3, -0.25) is 4.79 Å². The fourth-order valence-corrected chi connectivity index (χ4v) is 3.80. The summed E-state index contributed by atoms with van der Waals surface area (Å²) in [5.74, 6) is 0.837. The summed E-state index contributed by atoms with van der Waals surface area (Å²) in [6.45, 7) is 7.93. The van der Waals surface area contributed by atoms with Gasteiger partial charge in [0.1, 0.15) is 0 Å². The molecule has 0 unspecified atom stereocenters. The lowest BCUT2D eigenvalue weighted by Crippen LogP contribution is -2.40. The van der Waals surface area contributed by atoms with Crippen LogP contribution in [0.4, 0.5) is 0 Å². The van der Waals surface area contributed by atoms with Crippen LogP contribution in [0, 0.1) is 12.8 Å². The molecule has 1 aliphatic rings. The van der Waals surface area contributed by atoms with Gasteiger partial charge in [-0.05, 0) is 50.9 Å². The molecule has 0 bridgehead atoms. The molecular weight excluding hydrogens is 318 g/mol. The molecule has 0 atom stereocenters. The number of rotatable bonds is 5. The number of aryl methyl sites for hydroxylation is 1. The van der Waals surface area contributed by atoms with E-state index in [1.54, 1.807) is 11.3 Å². The molecule has 1 amide bonds.